The third-order valence-corrected chi connectivity index (χ3v) is 6.70. The number of carbonyl (C=O) groups is 2. The lowest BCUT2D eigenvalue weighted by atomic mass is 10.0. The molecule has 0 aliphatic carbocycles. The molecule has 0 atom stereocenters. The summed E-state index contributed by atoms with van der Waals surface area (Å²) in [6.45, 7) is 5.94. The van der Waals surface area contributed by atoms with E-state index >= 15 is 0 Å². The van der Waals surface area contributed by atoms with Gasteiger partial charge in [-0.2, -0.15) is 0 Å². The van der Waals surface area contributed by atoms with Gasteiger partial charge >= 0.3 is 12.0 Å². The van der Waals surface area contributed by atoms with Gasteiger partial charge in [0.25, 0.3) is 0 Å². The Balaban J connectivity index is 1.75. The maximum atomic E-state index is 12.2. The van der Waals surface area contributed by atoms with Crippen LogP contribution in [0.5, 0.6) is 0 Å². The van der Waals surface area contributed by atoms with Gasteiger partial charge in [0, 0.05) is 36.3 Å². The summed E-state index contributed by atoms with van der Waals surface area (Å²) in [5.74, 6) is 0.0370. The van der Waals surface area contributed by atoms with Crippen molar-refractivity contribution in [3.05, 3.63) is 54.7 Å². The molecule has 2 amide bonds. The normalized spacial score (nSPS) is 11.6. The second-order valence-electron chi connectivity index (χ2n) is 9.18. The number of amides is 2. The minimum Gasteiger partial charge on any atom is -0.450 e. The highest BCUT2D eigenvalue weighted by molar-refractivity contribution is 7.23. The molecule has 0 aliphatic rings. The van der Waals surface area contributed by atoms with Crippen LogP contribution in [0.15, 0.2) is 48.9 Å². The Morgan fingerprint density at radius 3 is 2.41 bits per heavy atom. The van der Waals surface area contributed by atoms with Gasteiger partial charge in [0.05, 0.1) is 22.5 Å². The van der Waals surface area contributed by atoms with E-state index in [1.807, 2.05) is 37.3 Å². The van der Waals surface area contributed by atoms with Crippen LogP contribution in [0.4, 0.5) is 9.93 Å². The highest BCUT2D eigenvalue weighted by Crippen LogP contribution is 2.39. The molecule has 0 fully saturated rings. The topological polar surface area (TPSA) is 127 Å². The SMILES string of the molecule is CCN(C(N)=O)c1nc2cc(-c3cnc(C(C)(C)OC(=O)CN(C)C)nc3)cc(-c3ccccn3)c2s1. The van der Waals surface area contributed by atoms with E-state index in [-0.39, 0.29) is 12.5 Å². The van der Waals surface area contributed by atoms with Gasteiger partial charge in [0.2, 0.25) is 0 Å². The molecule has 0 spiro atoms. The third kappa shape index (κ3) is 5.73. The van der Waals surface area contributed by atoms with E-state index < -0.39 is 11.6 Å². The Kier molecular flexibility index (Phi) is 7.46. The minimum atomic E-state index is -0.989. The van der Waals surface area contributed by atoms with Crippen molar-refractivity contribution in [2.24, 2.45) is 5.73 Å². The lowest BCUT2D eigenvalue weighted by Crippen LogP contribution is -2.35. The lowest BCUT2D eigenvalue weighted by molar-refractivity contribution is -0.158. The maximum absolute atomic E-state index is 12.2. The Labute approximate surface area is 219 Å². The summed E-state index contributed by atoms with van der Waals surface area (Å²) >= 11 is 1.39. The predicted octanol–water partition coefficient (Wildman–Crippen LogP) is 4.06. The quantitative estimate of drug-likeness (QED) is 0.345. The number of anilines is 1. The highest BCUT2D eigenvalue weighted by Gasteiger charge is 2.29. The lowest BCUT2D eigenvalue weighted by Gasteiger charge is -2.24. The number of ether oxygens (including phenoxy) is 1. The van der Waals surface area contributed by atoms with Crippen LogP contribution in [-0.2, 0) is 15.1 Å². The number of benzene rings is 1. The number of carbonyl (C=O) groups excluding carboxylic acids is 2. The molecule has 3 aromatic heterocycles. The number of nitrogens with two attached hydrogens (primary N) is 1. The van der Waals surface area contributed by atoms with E-state index in [0.29, 0.717) is 23.0 Å². The van der Waals surface area contributed by atoms with Gasteiger partial charge in [-0.3, -0.25) is 19.6 Å². The first-order valence-electron chi connectivity index (χ1n) is 11.7. The highest BCUT2D eigenvalue weighted by atomic mass is 32.1. The number of rotatable bonds is 8. The van der Waals surface area contributed by atoms with Crippen molar-refractivity contribution in [2.75, 3.05) is 32.1 Å². The molecule has 0 radical (unpaired) electrons. The zero-order valence-electron chi connectivity index (χ0n) is 21.4. The summed E-state index contributed by atoms with van der Waals surface area (Å²) in [5.41, 5.74) is 8.53. The number of pyridine rings is 1. The van der Waals surface area contributed by atoms with Crippen LogP contribution in [0.2, 0.25) is 0 Å². The van der Waals surface area contributed by atoms with E-state index in [4.69, 9.17) is 15.5 Å². The van der Waals surface area contributed by atoms with Gasteiger partial charge in [-0.15, -0.1) is 0 Å². The summed E-state index contributed by atoms with van der Waals surface area (Å²) in [5, 5.41) is 0.521. The minimum absolute atomic E-state index is 0.165. The molecule has 0 aliphatic heterocycles. The Hall–Kier alpha value is -3.96. The first-order chi connectivity index (χ1) is 17.6. The smallest absolute Gasteiger partial charge is 0.321 e. The van der Waals surface area contributed by atoms with Gasteiger partial charge in [-0.05, 0) is 64.7 Å². The van der Waals surface area contributed by atoms with Gasteiger partial charge in [0.1, 0.15) is 0 Å². The average molecular weight is 520 g/mol. The molecule has 4 rings (SSSR count). The van der Waals surface area contributed by atoms with Crippen LogP contribution in [0, 0.1) is 0 Å². The van der Waals surface area contributed by atoms with Crippen molar-refractivity contribution in [2.45, 2.75) is 26.4 Å². The Bertz CT molecular complexity index is 1420. The van der Waals surface area contributed by atoms with Crippen molar-refractivity contribution in [1.29, 1.82) is 0 Å². The van der Waals surface area contributed by atoms with Gasteiger partial charge in [-0.25, -0.2) is 19.7 Å². The number of nitrogens with zero attached hydrogens (tertiary/aromatic N) is 6. The monoisotopic (exact) mass is 519 g/mol. The molecule has 0 unspecified atom stereocenters. The van der Waals surface area contributed by atoms with Crippen LogP contribution in [0.1, 0.15) is 26.6 Å². The number of primary amides is 1. The van der Waals surface area contributed by atoms with Crippen LogP contribution in [0.25, 0.3) is 32.6 Å². The van der Waals surface area contributed by atoms with Crippen molar-refractivity contribution in [1.82, 2.24) is 24.8 Å². The first kappa shape index (κ1) is 26.1. The molecule has 4 aromatic rings. The third-order valence-electron chi connectivity index (χ3n) is 5.57. The largest absolute Gasteiger partial charge is 0.450 e. The number of fused-ring (bicyclic) bond motifs is 1. The van der Waals surface area contributed by atoms with Crippen molar-refractivity contribution < 1.29 is 14.3 Å². The van der Waals surface area contributed by atoms with Gasteiger partial charge < -0.3 is 10.5 Å². The number of esters is 1. The molecular formula is C26H29N7O3S. The fourth-order valence-corrected chi connectivity index (χ4v) is 4.95. The first-order valence-corrected chi connectivity index (χ1v) is 12.5. The van der Waals surface area contributed by atoms with Crippen molar-refractivity contribution in [3.8, 4) is 22.4 Å². The van der Waals surface area contributed by atoms with Crippen molar-refractivity contribution in [3.63, 3.8) is 0 Å². The summed E-state index contributed by atoms with van der Waals surface area (Å²) in [6, 6.07) is 9.08. The van der Waals surface area contributed by atoms with Crippen LogP contribution >= 0.6 is 11.3 Å². The second-order valence-corrected chi connectivity index (χ2v) is 10.2. The molecule has 3 heterocycles. The number of hydrogen-bond acceptors (Lipinski definition) is 9. The van der Waals surface area contributed by atoms with E-state index in [1.54, 1.807) is 51.4 Å². The van der Waals surface area contributed by atoms with Crippen molar-refractivity contribution >= 4 is 38.7 Å². The van der Waals surface area contributed by atoms with E-state index in [0.717, 1.165) is 27.1 Å². The fraction of sp³-hybridized carbons (Fsp3) is 0.308. The van der Waals surface area contributed by atoms with Gasteiger partial charge in [0.15, 0.2) is 16.6 Å². The molecule has 2 N–H and O–H groups in total. The summed E-state index contributed by atoms with van der Waals surface area (Å²) < 4.78 is 6.50. The molecular weight excluding hydrogens is 490 g/mol. The standard InChI is InChI=1S/C26H29N7O3S/c1-6-33(24(27)35)25-31-20-12-16(11-18(22(20)37-25)19-9-7-8-10-28-19)17-13-29-23(30-14-17)26(2,3)36-21(34)15-32(4)5/h7-14H,6,15H2,1-5H3,(H2,27,35). The number of aromatic nitrogens is 4. The molecule has 37 heavy (non-hydrogen) atoms. The predicted molar refractivity (Wildman–Crippen MR) is 144 cm³/mol. The average Bonchev–Trinajstić information content (AvgIpc) is 3.27. The Morgan fingerprint density at radius 2 is 1.81 bits per heavy atom. The molecule has 0 bridgehead atoms. The van der Waals surface area contributed by atoms with Crippen LogP contribution in [-0.4, -0.2) is 64.0 Å². The summed E-state index contributed by atoms with van der Waals surface area (Å²) in [6.07, 6.45) is 5.12. The van der Waals surface area contributed by atoms with E-state index in [2.05, 4.69) is 15.0 Å². The Morgan fingerprint density at radius 1 is 1.08 bits per heavy atom. The molecule has 10 nitrogen and oxygen atoms in total. The van der Waals surface area contributed by atoms with Gasteiger partial charge in [-0.1, -0.05) is 17.4 Å². The maximum Gasteiger partial charge on any atom is 0.321 e. The number of likely N-dealkylation sites (N-methyl/N-ethyl adjacent to an activating group) is 1. The molecule has 0 saturated heterocycles. The van der Waals surface area contributed by atoms with Crippen LogP contribution < -0.4 is 10.6 Å². The summed E-state index contributed by atoms with van der Waals surface area (Å²) in [7, 11) is 3.60. The second kappa shape index (κ2) is 10.6. The fourth-order valence-electron chi connectivity index (χ4n) is 3.81. The summed E-state index contributed by atoms with van der Waals surface area (Å²) in [4.78, 5) is 45.5. The van der Waals surface area contributed by atoms with E-state index in [1.165, 1.54) is 16.2 Å². The zero-order chi connectivity index (χ0) is 26.7. The number of hydrogen-bond donors (Lipinski definition) is 1. The molecule has 192 valence electrons. The van der Waals surface area contributed by atoms with E-state index in [9.17, 15) is 9.59 Å². The zero-order valence-corrected chi connectivity index (χ0v) is 22.2. The molecule has 11 heteroatoms. The number of thiazole rings is 1. The molecule has 0 saturated carbocycles. The number of urea groups is 1. The molecule has 1 aromatic carbocycles. The van der Waals surface area contributed by atoms with Crippen LogP contribution in [0.3, 0.4) is 0 Å².